The smallest absolute Gasteiger partial charge is 0.297 e. The topological polar surface area (TPSA) is 94.6 Å². The number of aromatic hydroxyl groups is 1. The second-order valence-electron chi connectivity index (χ2n) is 5.65. The van der Waals surface area contributed by atoms with Crippen LogP contribution in [0.2, 0.25) is 0 Å². The molecular weight excluding hydrogens is 312 g/mol. The van der Waals surface area contributed by atoms with Crippen molar-refractivity contribution < 1.29 is 14.8 Å². The number of unbranched alkanes of at least 4 members (excludes halogenated alkanes) is 2. The Morgan fingerprint density at radius 3 is 2.58 bits per heavy atom. The van der Waals surface area contributed by atoms with E-state index in [1.54, 1.807) is 0 Å². The quantitative estimate of drug-likeness (QED) is 0.452. The van der Waals surface area contributed by atoms with Gasteiger partial charge in [0, 0.05) is 24.1 Å². The summed E-state index contributed by atoms with van der Waals surface area (Å²) in [6.07, 6.45) is 3.29. The maximum Gasteiger partial charge on any atom is 0.297 e. The molecular formula is C17H22N2O5. The molecule has 7 nitrogen and oxygen atoms in total. The van der Waals surface area contributed by atoms with Crippen molar-refractivity contribution >= 4 is 16.6 Å². The lowest BCUT2D eigenvalue weighted by molar-refractivity contribution is -0.384. The maximum atomic E-state index is 12.7. The summed E-state index contributed by atoms with van der Waals surface area (Å²) in [5.74, 6) is -0.338. The summed E-state index contributed by atoms with van der Waals surface area (Å²) in [6, 6.07) is 4.09. The number of nitro groups is 1. The number of hydrogen-bond acceptors (Lipinski definition) is 5. The molecule has 7 heteroatoms. The molecule has 0 aliphatic rings. The van der Waals surface area contributed by atoms with Crippen LogP contribution in [0.3, 0.4) is 0 Å². The Morgan fingerprint density at radius 1 is 1.25 bits per heavy atom. The third-order valence-electron chi connectivity index (χ3n) is 3.87. The van der Waals surface area contributed by atoms with Crippen LogP contribution >= 0.6 is 0 Å². The van der Waals surface area contributed by atoms with Crippen LogP contribution < -0.4 is 10.3 Å². The van der Waals surface area contributed by atoms with E-state index in [0.29, 0.717) is 24.1 Å². The Morgan fingerprint density at radius 2 is 1.96 bits per heavy atom. The first-order valence-electron chi connectivity index (χ1n) is 8.17. The van der Waals surface area contributed by atoms with Crippen molar-refractivity contribution in [3.8, 4) is 11.5 Å². The number of non-ortho nitro benzene ring substituents is 1. The number of nitro benzene ring substituents is 1. The molecule has 2 rings (SSSR count). The standard InChI is InChI=1S/C17H22N2O5/c1-3-5-9-18-14-11-12(19(22)23)7-8-13(14)15(20)16(17(18)21)24-10-6-4-2/h7-8,11,20H,3-6,9-10H2,1-2H3. The third kappa shape index (κ3) is 3.50. The van der Waals surface area contributed by atoms with Gasteiger partial charge in [-0.05, 0) is 18.9 Å². The van der Waals surface area contributed by atoms with Crippen LogP contribution in [0.25, 0.3) is 10.9 Å². The van der Waals surface area contributed by atoms with Gasteiger partial charge in [-0.3, -0.25) is 14.9 Å². The van der Waals surface area contributed by atoms with Gasteiger partial charge >= 0.3 is 0 Å². The predicted octanol–water partition coefficient (Wildman–Crippen LogP) is 3.59. The zero-order valence-corrected chi connectivity index (χ0v) is 13.9. The van der Waals surface area contributed by atoms with E-state index in [1.165, 1.54) is 22.8 Å². The molecule has 0 radical (unpaired) electrons. The predicted molar refractivity (Wildman–Crippen MR) is 91.8 cm³/mol. The average molecular weight is 334 g/mol. The minimum atomic E-state index is -0.517. The maximum absolute atomic E-state index is 12.7. The number of aryl methyl sites for hydroxylation is 1. The first kappa shape index (κ1) is 17.8. The number of ether oxygens (including phenoxy) is 1. The molecule has 130 valence electrons. The summed E-state index contributed by atoms with van der Waals surface area (Å²) >= 11 is 0. The van der Waals surface area contributed by atoms with Crippen molar-refractivity contribution in [2.45, 2.75) is 46.1 Å². The van der Waals surface area contributed by atoms with Gasteiger partial charge in [-0.25, -0.2) is 0 Å². The normalized spacial score (nSPS) is 10.9. The van der Waals surface area contributed by atoms with Crippen LogP contribution in [0, 0.1) is 10.1 Å². The summed E-state index contributed by atoms with van der Waals surface area (Å²) in [5.41, 5.74) is -0.223. The summed E-state index contributed by atoms with van der Waals surface area (Å²) in [7, 11) is 0. The fraction of sp³-hybridized carbons (Fsp3) is 0.471. The molecule has 0 amide bonds. The second kappa shape index (κ2) is 7.81. The van der Waals surface area contributed by atoms with Crippen molar-refractivity contribution in [3.05, 3.63) is 38.7 Å². The summed E-state index contributed by atoms with van der Waals surface area (Å²) in [6.45, 7) is 4.75. The largest absolute Gasteiger partial charge is 0.504 e. The van der Waals surface area contributed by atoms with E-state index < -0.39 is 10.5 Å². The number of rotatable bonds is 8. The lowest BCUT2D eigenvalue weighted by atomic mass is 10.1. The fourth-order valence-corrected chi connectivity index (χ4v) is 2.50. The highest BCUT2D eigenvalue weighted by molar-refractivity contribution is 5.89. The Bertz CT molecular complexity index is 798. The average Bonchev–Trinajstić information content (AvgIpc) is 2.57. The van der Waals surface area contributed by atoms with Crippen molar-refractivity contribution in [2.75, 3.05) is 6.61 Å². The summed E-state index contributed by atoms with van der Waals surface area (Å²) in [5, 5.41) is 21.8. The number of aromatic nitrogens is 1. The van der Waals surface area contributed by atoms with E-state index in [0.717, 1.165) is 25.7 Å². The van der Waals surface area contributed by atoms with Gasteiger partial charge in [0.1, 0.15) is 0 Å². The molecule has 0 bridgehead atoms. The first-order valence-corrected chi connectivity index (χ1v) is 8.17. The molecule has 1 N–H and O–H groups in total. The van der Waals surface area contributed by atoms with E-state index in [2.05, 4.69) is 0 Å². The molecule has 2 aromatic rings. The van der Waals surface area contributed by atoms with Gasteiger partial charge in [0.25, 0.3) is 11.2 Å². The number of nitrogens with zero attached hydrogens (tertiary/aromatic N) is 2. The highest BCUT2D eigenvalue weighted by Gasteiger charge is 2.19. The molecule has 0 spiro atoms. The molecule has 0 saturated carbocycles. The minimum absolute atomic E-state index is 0.0825. The molecule has 24 heavy (non-hydrogen) atoms. The van der Waals surface area contributed by atoms with Crippen molar-refractivity contribution in [3.63, 3.8) is 0 Å². The molecule has 0 unspecified atom stereocenters. The van der Waals surface area contributed by atoms with Crippen LogP contribution in [0.15, 0.2) is 23.0 Å². The lowest BCUT2D eigenvalue weighted by Gasteiger charge is -2.15. The number of fused-ring (bicyclic) bond motifs is 1. The van der Waals surface area contributed by atoms with Crippen LogP contribution in [0.4, 0.5) is 5.69 Å². The van der Waals surface area contributed by atoms with Crippen molar-refractivity contribution in [1.82, 2.24) is 4.57 Å². The van der Waals surface area contributed by atoms with Crippen molar-refractivity contribution in [2.24, 2.45) is 0 Å². The van der Waals surface area contributed by atoms with Gasteiger partial charge < -0.3 is 14.4 Å². The van der Waals surface area contributed by atoms with Crippen LogP contribution in [-0.2, 0) is 6.54 Å². The van der Waals surface area contributed by atoms with Gasteiger partial charge in [0.15, 0.2) is 5.75 Å². The molecule has 0 fully saturated rings. The first-order chi connectivity index (χ1) is 11.5. The molecule has 1 aromatic heterocycles. The molecule has 1 aromatic carbocycles. The highest BCUT2D eigenvalue weighted by atomic mass is 16.6. The number of hydrogen-bond donors (Lipinski definition) is 1. The van der Waals surface area contributed by atoms with Gasteiger partial charge in [0.2, 0.25) is 5.75 Å². The van der Waals surface area contributed by atoms with Crippen LogP contribution in [-0.4, -0.2) is 21.2 Å². The van der Waals surface area contributed by atoms with Crippen LogP contribution in [0.1, 0.15) is 39.5 Å². The highest BCUT2D eigenvalue weighted by Crippen LogP contribution is 2.33. The Kier molecular flexibility index (Phi) is 5.78. The van der Waals surface area contributed by atoms with E-state index >= 15 is 0 Å². The molecule has 0 aliphatic heterocycles. The van der Waals surface area contributed by atoms with Crippen molar-refractivity contribution in [1.29, 1.82) is 0 Å². The molecule has 1 heterocycles. The van der Waals surface area contributed by atoms with E-state index in [4.69, 9.17) is 4.74 Å². The number of benzene rings is 1. The summed E-state index contributed by atoms with van der Waals surface area (Å²) < 4.78 is 6.95. The van der Waals surface area contributed by atoms with Gasteiger partial charge in [-0.15, -0.1) is 0 Å². The van der Waals surface area contributed by atoms with Gasteiger partial charge in [-0.2, -0.15) is 0 Å². The SMILES string of the molecule is CCCCOc1c(O)c2ccc([N+](=O)[O-])cc2n(CCCC)c1=O. The molecule has 0 atom stereocenters. The zero-order valence-electron chi connectivity index (χ0n) is 13.9. The van der Waals surface area contributed by atoms with E-state index in [9.17, 15) is 20.0 Å². The van der Waals surface area contributed by atoms with Gasteiger partial charge in [0.05, 0.1) is 17.0 Å². The summed E-state index contributed by atoms with van der Waals surface area (Å²) in [4.78, 5) is 23.2. The van der Waals surface area contributed by atoms with E-state index in [-0.39, 0.29) is 17.2 Å². The Hall–Kier alpha value is -2.57. The Labute approximate surface area is 139 Å². The minimum Gasteiger partial charge on any atom is -0.504 e. The van der Waals surface area contributed by atoms with Gasteiger partial charge in [-0.1, -0.05) is 26.7 Å². The number of pyridine rings is 1. The fourth-order valence-electron chi connectivity index (χ4n) is 2.50. The lowest BCUT2D eigenvalue weighted by Crippen LogP contribution is -2.23. The third-order valence-corrected chi connectivity index (χ3v) is 3.87. The monoisotopic (exact) mass is 334 g/mol. The molecule has 0 aliphatic carbocycles. The van der Waals surface area contributed by atoms with E-state index in [1.807, 2.05) is 13.8 Å². The molecule has 0 saturated heterocycles. The zero-order chi connectivity index (χ0) is 17.7. The van der Waals surface area contributed by atoms with Crippen LogP contribution in [0.5, 0.6) is 11.5 Å². The second-order valence-corrected chi connectivity index (χ2v) is 5.65. The Balaban J connectivity index is 2.66.